The summed E-state index contributed by atoms with van der Waals surface area (Å²) in [5.41, 5.74) is 9.07. The van der Waals surface area contributed by atoms with Gasteiger partial charge in [-0.1, -0.05) is 67.1 Å². The SMILES string of the molecule is C=C(C1=C/C=C/C=C(/c2ccc(C(=O)N3CCC=C(CC)CC3)cc2)C=N1)C1CCCC(Cn2nnc3ncc(-c4cnn(C)c4)nc32)C1. The molecular weight excluding hydrogens is 610 g/mol. The average Bonchev–Trinajstić information content (AvgIpc) is 3.65. The van der Waals surface area contributed by atoms with Gasteiger partial charge >= 0.3 is 0 Å². The summed E-state index contributed by atoms with van der Waals surface area (Å²) in [6.07, 6.45) is 25.1. The summed E-state index contributed by atoms with van der Waals surface area (Å²) >= 11 is 0. The van der Waals surface area contributed by atoms with Crippen LogP contribution < -0.4 is 0 Å². The molecule has 1 aromatic carbocycles. The van der Waals surface area contributed by atoms with E-state index in [-0.39, 0.29) is 5.91 Å². The van der Waals surface area contributed by atoms with Crippen LogP contribution in [-0.2, 0) is 13.6 Å². The maximum Gasteiger partial charge on any atom is 0.253 e. The molecule has 1 fully saturated rings. The van der Waals surface area contributed by atoms with Gasteiger partial charge in [-0.15, -0.1) is 5.10 Å². The topological polar surface area (TPSA) is 107 Å². The number of aryl methyl sites for hydroxylation is 1. The maximum atomic E-state index is 13.3. The molecule has 49 heavy (non-hydrogen) atoms. The number of carbonyl (C=O) groups excluding carboxylic acids is 1. The van der Waals surface area contributed by atoms with Crippen LogP contribution in [0.5, 0.6) is 0 Å². The average molecular weight is 654 g/mol. The van der Waals surface area contributed by atoms with Crippen LogP contribution in [0.1, 0.15) is 67.8 Å². The Kier molecular flexibility index (Phi) is 9.54. The highest BCUT2D eigenvalue weighted by Crippen LogP contribution is 2.37. The molecule has 3 aliphatic rings. The fourth-order valence-corrected chi connectivity index (χ4v) is 7.12. The van der Waals surface area contributed by atoms with Gasteiger partial charge in [0.1, 0.15) is 0 Å². The Morgan fingerprint density at radius 3 is 2.71 bits per heavy atom. The Hall–Kier alpha value is -5.25. The Morgan fingerprint density at radius 2 is 1.90 bits per heavy atom. The van der Waals surface area contributed by atoms with Gasteiger partial charge in [-0.3, -0.25) is 14.5 Å². The van der Waals surface area contributed by atoms with Gasteiger partial charge in [-0.25, -0.2) is 14.6 Å². The second-order valence-corrected chi connectivity index (χ2v) is 13.3. The molecule has 10 nitrogen and oxygen atoms in total. The van der Waals surface area contributed by atoms with Crippen molar-refractivity contribution in [2.75, 3.05) is 13.1 Å². The van der Waals surface area contributed by atoms with Crippen LogP contribution in [0, 0.1) is 11.8 Å². The van der Waals surface area contributed by atoms with E-state index in [1.165, 1.54) is 5.57 Å². The number of benzene rings is 1. The lowest BCUT2D eigenvalue weighted by Crippen LogP contribution is -2.32. The second-order valence-electron chi connectivity index (χ2n) is 13.3. The number of allylic oxidation sites excluding steroid dienone is 6. The molecule has 0 saturated heterocycles. The Bertz CT molecular complexity index is 2010. The van der Waals surface area contributed by atoms with Gasteiger partial charge in [0.05, 0.1) is 23.8 Å². The van der Waals surface area contributed by atoms with E-state index in [1.54, 1.807) is 17.1 Å². The van der Waals surface area contributed by atoms with Crippen LogP contribution in [0.25, 0.3) is 28.1 Å². The predicted octanol–water partition coefficient (Wildman–Crippen LogP) is 7.16. The number of nitrogens with zero attached hydrogens (tertiary/aromatic N) is 9. The molecule has 10 heteroatoms. The van der Waals surface area contributed by atoms with Crippen molar-refractivity contribution in [3.05, 3.63) is 108 Å². The molecule has 250 valence electrons. The lowest BCUT2D eigenvalue weighted by atomic mass is 9.77. The molecule has 3 aromatic heterocycles. The van der Waals surface area contributed by atoms with Crippen LogP contribution in [0.15, 0.2) is 102 Å². The van der Waals surface area contributed by atoms with E-state index in [1.807, 2.05) is 65.5 Å². The van der Waals surface area contributed by atoms with Crippen molar-refractivity contribution in [1.29, 1.82) is 0 Å². The van der Waals surface area contributed by atoms with E-state index in [0.717, 1.165) is 104 Å². The minimum atomic E-state index is 0.101. The highest BCUT2D eigenvalue weighted by Gasteiger charge is 2.27. The molecular formula is C39H43N9O. The molecule has 0 N–H and O–H groups in total. The number of fused-ring (bicyclic) bond motifs is 1. The minimum absolute atomic E-state index is 0.101. The standard InChI is InChI=1S/C39H43N9O/c1-4-28-10-8-19-47(20-18-28)39(49)31-16-14-30(15-17-31)33-11-5-6-13-35(40-22-33)27(2)32-12-7-9-29(21-32)25-48-38-37(44-45-48)41-24-36(43-38)34-23-42-46(3)26-34/h5-6,10-11,13-17,22-24,26,29,32H,2,4,7-9,12,18-21,25H2,1,3H3/b6-5+,11-5?,13-6?,33-11+,33-22?,35-13?,40-22?,40-35?. The van der Waals surface area contributed by atoms with Crippen molar-refractivity contribution in [1.82, 2.24) is 39.6 Å². The lowest BCUT2D eigenvalue weighted by molar-refractivity contribution is 0.0763. The number of amides is 1. The highest BCUT2D eigenvalue weighted by atomic mass is 16.2. The summed E-state index contributed by atoms with van der Waals surface area (Å²) in [7, 11) is 1.89. The number of hydrogen-bond donors (Lipinski definition) is 0. The molecule has 1 amide bonds. The summed E-state index contributed by atoms with van der Waals surface area (Å²) in [4.78, 5) is 29.5. The summed E-state index contributed by atoms with van der Waals surface area (Å²) < 4.78 is 3.66. The van der Waals surface area contributed by atoms with Crippen molar-refractivity contribution >= 4 is 29.0 Å². The largest absolute Gasteiger partial charge is 0.338 e. The van der Waals surface area contributed by atoms with E-state index in [9.17, 15) is 4.79 Å². The Balaban J connectivity index is 0.992. The van der Waals surface area contributed by atoms with Crippen LogP contribution in [0.3, 0.4) is 0 Å². The zero-order valence-corrected chi connectivity index (χ0v) is 28.4. The number of aliphatic imine (C=N–C) groups is 1. The highest BCUT2D eigenvalue weighted by molar-refractivity contribution is 6.11. The Morgan fingerprint density at radius 1 is 1.04 bits per heavy atom. The molecule has 0 bridgehead atoms. The van der Waals surface area contributed by atoms with Crippen LogP contribution in [0.2, 0.25) is 0 Å². The van der Waals surface area contributed by atoms with Crippen LogP contribution in [-0.4, -0.2) is 64.9 Å². The van der Waals surface area contributed by atoms with E-state index < -0.39 is 0 Å². The molecule has 1 saturated carbocycles. The molecule has 0 radical (unpaired) electrons. The lowest BCUT2D eigenvalue weighted by Gasteiger charge is -2.30. The van der Waals surface area contributed by atoms with Crippen molar-refractivity contribution in [3.8, 4) is 11.3 Å². The maximum absolute atomic E-state index is 13.3. The smallest absolute Gasteiger partial charge is 0.253 e. The van der Waals surface area contributed by atoms with Gasteiger partial charge in [-0.05, 0) is 85.3 Å². The third kappa shape index (κ3) is 7.28. The van der Waals surface area contributed by atoms with Crippen molar-refractivity contribution in [2.45, 2.75) is 58.4 Å². The molecule has 4 aromatic rings. The van der Waals surface area contributed by atoms with Gasteiger partial charge in [0.2, 0.25) is 5.65 Å². The third-order valence-electron chi connectivity index (χ3n) is 9.99. The van der Waals surface area contributed by atoms with Crippen LogP contribution >= 0.6 is 0 Å². The summed E-state index contributed by atoms with van der Waals surface area (Å²) in [6, 6.07) is 7.93. The van der Waals surface area contributed by atoms with E-state index >= 15 is 0 Å². The fraction of sp³-hybridized carbons (Fsp3) is 0.359. The van der Waals surface area contributed by atoms with E-state index in [2.05, 4.69) is 52.1 Å². The first-order chi connectivity index (χ1) is 23.9. The van der Waals surface area contributed by atoms with Crippen molar-refractivity contribution in [3.63, 3.8) is 0 Å². The monoisotopic (exact) mass is 653 g/mol. The zero-order valence-electron chi connectivity index (χ0n) is 28.4. The minimum Gasteiger partial charge on any atom is -0.338 e. The van der Waals surface area contributed by atoms with E-state index in [0.29, 0.717) is 23.1 Å². The van der Waals surface area contributed by atoms with Gasteiger partial charge < -0.3 is 4.90 Å². The molecule has 1 aliphatic carbocycles. The first kappa shape index (κ1) is 32.3. The van der Waals surface area contributed by atoms with Gasteiger partial charge in [0, 0.05) is 50.2 Å². The van der Waals surface area contributed by atoms with E-state index in [4.69, 9.17) is 9.98 Å². The van der Waals surface area contributed by atoms with Gasteiger partial charge in [-0.2, -0.15) is 5.10 Å². The molecule has 7 rings (SSSR count). The molecule has 2 unspecified atom stereocenters. The summed E-state index contributed by atoms with van der Waals surface area (Å²) in [5.74, 6) is 0.834. The first-order valence-corrected chi connectivity index (χ1v) is 17.4. The molecule has 2 aliphatic heterocycles. The van der Waals surface area contributed by atoms with Crippen molar-refractivity contribution < 1.29 is 4.79 Å². The fourth-order valence-electron chi connectivity index (χ4n) is 7.12. The molecule has 0 spiro atoms. The van der Waals surface area contributed by atoms with Crippen molar-refractivity contribution in [2.24, 2.45) is 23.9 Å². The predicted molar refractivity (Wildman–Crippen MR) is 194 cm³/mol. The van der Waals surface area contributed by atoms with Gasteiger partial charge in [0.25, 0.3) is 5.91 Å². The van der Waals surface area contributed by atoms with Crippen LogP contribution in [0.4, 0.5) is 0 Å². The quantitative estimate of drug-likeness (QED) is 0.187. The first-order valence-electron chi connectivity index (χ1n) is 17.4. The normalized spacial score (nSPS) is 21.6. The number of aromatic nitrogens is 7. The number of rotatable bonds is 8. The Labute approximate surface area is 287 Å². The second kappa shape index (κ2) is 14.5. The summed E-state index contributed by atoms with van der Waals surface area (Å²) in [6.45, 7) is 9.01. The van der Waals surface area contributed by atoms with Gasteiger partial charge in [0.15, 0.2) is 5.65 Å². The zero-order chi connectivity index (χ0) is 33.7. The summed E-state index contributed by atoms with van der Waals surface area (Å²) in [5, 5.41) is 13.0. The number of hydrogen-bond acceptors (Lipinski definition) is 7. The molecule has 2 atom stereocenters. The third-order valence-corrected chi connectivity index (χ3v) is 9.99. The molecule has 5 heterocycles. The number of carbonyl (C=O) groups is 1.